The lowest BCUT2D eigenvalue weighted by atomic mass is 10.2. The largest absolute Gasteiger partial charge is 0.310 e. The lowest BCUT2D eigenvalue weighted by Gasteiger charge is -2.04. The molecule has 76 valence electrons. The molecule has 1 aliphatic rings. The van der Waals surface area contributed by atoms with Gasteiger partial charge in [-0.3, -0.25) is 0 Å². The van der Waals surface area contributed by atoms with Crippen molar-refractivity contribution in [3.8, 4) is 0 Å². The van der Waals surface area contributed by atoms with Crippen LogP contribution in [0.4, 0.5) is 0 Å². The monoisotopic (exact) mass is 229 g/mol. The van der Waals surface area contributed by atoms with Gasteiger partial charge in [-0.05, 0) is 36.1 Å². The first kappa shape index (κ1) is 10.3. The van der Waals surface area contributed by atoms with E-state index in [1.54, 1.807) is 6.07 Å². The molecule has 1 aliphatic carbocycles. The molecule has 1 saturated carbocycles. The molecule has 14 heavy (non-hydrogen) atoms. The van der Waals surface area contributed by atoms with E-state index in [-0.39, 0.29) is 0 Å². The minimum atomic E-state index is 0.688. The van der Waals surface area contributed by atoms with Gasteiger partial charge in [-0.2, -0.15) is 0 Å². The summed E-state index contributed by atoms with van der Waals surface area (Å²) in [6.45, 7) is 3.11. The molecular formula is C11H13Cl2N. The molecule has 0 aliphatic heterocycles. The molecular weight excluding hydrogens is 217 g/mol. The number of benzene rings is 1. The summed E-state index contributed by atoms with van der Waals surface area (Å²) in [5.74, 6) is 0.824. The average molecular weight is 230 g/mol. The zero-order chi connectivity index (χ0) is 10.1. The Morgan fingerprint density at radius 3 is 2.36 bits per heavy atom. The van der Waals surface area contributed by atoms with Crippen LogP contribution in [0.1, 0.15) is 18.9 Å². The fraction of sp³-hybridized carbons (Fsp3) is 0.455. The molecule has 0 heterocycles. The first-order valence-electron chi connectivity index (χ1n) is 4.83. The third kappa shape index (κ3) is 2.63. The second-order valence-electron chi connectivity index (χ2n) is 3.98. The molecule has 1 fully saturated rings. The van der Waals surface area contributed by atoms with Crippen molar-refractivity contribution in [2.75, 3.05) is 0 Å². The Morgan fingerprint density at radius 2 is 1.86 bits per heavy atom. The number of rotatable bonds is 3. The average Bonchev–Trinajstić information content (AvgIpc) is 2.77. The van der Waals surface area contributed by atoms with E-state index in [0.29, 0.717) is 16.1 Å². The predicted octanol–water partition coefficient (Wildman–Crippen LogP) is 3.49. The van der Waals surface area contributed by atoms with Gasteiger partial charge in [0.1, 0.15) is 0 Å². The summed E-state index contributed by atoms with van der Waals surface area (Å²) in [5, 5.41) is 4.87. The standard InChI is InChI=1S/C11H13Cl2N/c1-7-2-11(7)14-6-8-3-9(12)5-10(13)4-8/h3-5,7,11,14H,2,6H2,1H3. The highest BCUT2D eigenvalue weighted by Crippen LogP contribution is 2.29. The number of halogens is 2. The van der Waals surface area contributed by atoms with Crippen molar-refractivity contribution in [1.29, 1.82) is 0 Å². The molecule has 1 N–H and O–H groups in total. The van der Waals surface area contributed by atoms with Gasteiger partial charge in [-0.15, -0.1) is 0 Å². The summed E-state index contributed by atoms with van der Waals surface area (Å²) in [7, 11) is 0. The lowest BCUT2D eigenvalue weighted by Crippen LogP contribution is -2.16. The Kier molecular flexibility index (Phi) is 3.01. The minimum Gasteiger partial charge on any atom is -0.310 e. The molecule has 0 amide bonds. The number of hydrogen-bond acceptors (Lipinski definition) is 1. The molecule has 0 saturated heterocycles. The third-order valence-corrected chi connectivity index (χ3v) is 3.04. The van der Waals surface area contributed by atoms with E-state index in [1.165, 1.54) is 6.42 Å². The van der Waals surface area contributed by atoms with Crippen molar-refractivity contribution in [3.05, 3.63) is 33.8 Å². The van der Waals surface area contributed by atoms with E-state index in [2.05, 4.69) is 12.2 Å². The van der Waals surface area contributed by atoms with Gasteiger partial charge in [-0.1, -0.05) is 30.1 Å². The normalized spacial score (nSPS) is 25.1. The fourth-order valence-electron chi connectivity index (χ4n) is 1.57. The summed E-state index contributed by atoms with van der Waals surface area (Å²) in [6, 6.07) is 6.35. The Labute approximate surface area is 94.4 Å². The van der Waals surface area contributed by atoms with Crippen LogP contribution in [0.3, 0.4) is 0 Å². The highest BCUT2D eigenvalue weighted by atomic mass is 35.5. The zero-order valence-corrected chi connectivity index (χ0v) is 9.57. The Bertz CT molecular complexity index is 318. The Balaban J connectivity index is 1.95. The minimum absolute atomic E-state index is 0.688. The third-order valence-electron chi connectivity index (χ3n) is 2.60. The zero-order valence-electron chi connectivity index (χ0n) is 8.06. The van der Waals surface area contributed by atoms with Crippen LogP contribution in [0.5, 0.6) is 0 Å². The van der Waals surface area contributed by atoms with Gasteiger partial charge >= 0.3 is 0 Å². The maximum Gasteiger partial charge on any atom is 0.0424 e. The van der Waals surface area contributed by atoms with E-state index in [1.807, 2.05) is 12.1 Å². The van der Waals surface area contributed by atoms with E-state index in [0.717, 1.165) is 18.0 Å². The molecule has 0 bridgehead atoms. The van der Waals surface area contributed by atoms with Crippen LogP contribution in [-0.4, -0.2) is 6.04 Å². The van der Waals surface area contributed by atoms with Gasteiger partial charge in [0.2, 0.25) is 0 Å². The summed E-state index contributed by atoms with van der Waals surface area (Å²) in [6.07, 6.45) is 1.29. The second-order valence-corrected chi connectivity index (χ2v) is 4.85. The van der Waals surface area contributed by atoms with Crippen molar-refractivity contribution in [2.24, 2.45) is 5.92 Å². The highest BCUT2D eigenvalue weighted by molar-refractivity contribution is 6.34. The fourth-order valence-corrected chi connectivity index (χ4v) is 2.14. The molecule has 0 spiro atoms. The number of nitrogens with one attached hydrogen (secondary N) is 1. The van der Waals surface area contributed by atoms with Crippen LogP contribution >= 0.6 is 23.2 Å². The topological polar surface area (TPSA) is 12.0 Å². The predicted molar refractivity (Wildman–Crippen MR) is 60.9 cm³/mol. The maximum atomic E-state index is 5.90. The van der Waals surface area contributed by atoms with Crippen molar-refractivity contribution >= 4 is 23.2 Å². The van der Waals surface area contributed by atoms with Crippen molar-refractivity contribution in [2.45, 2.75) is 25.9 Å². The lowest BCUT2D eigenvalue weighted by molar-refractivity contribution is 0.652. The van der Waals surface area contributed by atoms with Crippen LogP contribution in [0.15, 0.2) is 18.2 Å². The molecule has 0 radical (unpaired) electrons. The Morgan fingerprint density at radius 1 is 1.29 bits per heavy atom. The molecule has 0 aromatic heterocycles. The van der Waals surface area contributed by atoms with E-state index in [4.69, 9.17) is 23.2 Å². The summed E-state index contributed by atoms with van der Waals surface area (Å²) in [5.41, 5.74) is 1.15. The van der Waals surface area contributed by atoms with Crippen LogP contribution in [0.2, 0.25) is 10.0 Å². The summed E-state index contributed by atoms with van der Waals surface area (Å²) < 4.78 is 0. The summed E-state index contributed by atoms with van der Waals surface area (Å²) in [4.78, 5) is 0. The molecule has 2 atom stereocenters. The first-order chi connectivity index (χ1) is 6.65. The van der Waals surface area contributed by atoms with Gasteiger partial charge in [0.05, 0.1) is 0 Å². The van der Waals surface area contributed by atoms with Gasteiger partial charge < -0.3 is 5.32 Å². The van der Waals surface area contributed by atoms with Crippen LogP contribution in [-0.2, 0) is 6.54 Å². The molecule has 1 aromatic rings. The Hall–Kier alpha value is -0.240. The molecule has 1 aromatic carbocycles. The quantitative estimate of drug-likeness (QED) is 0.837. The van der Waals surface area contributed by atoms with Crippen LogP contribution in [0, 0.1) is 5.92 Å². The van der Waals surface area contributed by atoms with E-state index in [9.17, 15) is 0 Å². The van der Waals surface area contributed by atoms with Gasteiger partial charge in [0.25, 0.3) is 0 Å². The molecule has 2 rings (SSSR count). The van der Waals surface area contributed by atoms with Gasteiger partial charge in [-0.25, -0.2) is 0 Å². The van der Waals surface area contributed by atoms with Crippen LogP contribution < -0.4 is 5.32 Å². The first-order valence-corrected chi connectivity index (χ1v) is 5.59. The SMILES string of the molecule is CC1CC1NCc1cc(Cl)cc(Cl)c1. The number of hydrogen-bond donors (Lipinski definition) is 1. The molecule has 3 heteroatoms. The maximum absolute atomic E-state index is 5.90. The van der Waals surface area contributed by atoms with Crippen molar-refractivity contribution in [1.82, 2.24) is 5.32 Å². The highest BCUT2D eigenvalue weighted by Gasteiger charge is 2.31. The van der Waals surface area contributed by atoms with Gasteiger partial charge in [0, 0.05) is 22.6 Å². The van der Waals surface area contributed by atoms with Crippen molar-refractivity contribution < 1.29 is 0 Å². The smallest absolute Gasteiger partial charge is 0.0424 e. The van der Waals surface area contributed by atoms with Crippen molar-refractivity contribution in [3.63, 3.8) is 0 Å². The van der Waals surface area contributed by atoms with E-state index < -0.39 is 0 Å². The van der Waals surface area contributed by atoms with E-state index >= 15 is 0 Å². The second kappa shape index (κ2) is 4.09. The summed E-state index contributed by atoms with van der Waals surface area (Å²) >= 11 is 11.8. The molecule has 2 unspecified atom stereocenters. The van der Waals surface area contributed by atoms with Gasteiger partial charge in [0.15, 0.2) is 0 Å². The van der Waals surface area contributed by atoms with Crippen LogP contribution in [0.25, 0.3) is 0 Å². The molecule has 1 nitrogen and oxygen atoms in total.